The van der Waals surface area contributed by atoms with E-state index in [-0.39, 0.29) is 0 Å². The molecule has 0 unspecified atom stereocenters. The Hall–Kier alpha value is -2.41. The van der Waals surface area contributed by atoms with E-state index in [0.717, 1.165) is 27.9 Å². The summed E-state index contributed by atoms with van der Waals surface area (Å²) in [6.45, 7) is -0.114. The highest BCUT2D eigenvalue weighted by molar-refractivity contribution is 5.70. The van der Waals surface area contributed by atoms with E-state index in [2.05, 4.69) is 28.8 Å². The number of nitrogens with zero attached hydrogens (tertiary/aromatic N) is 1. The quantitative estimate of drug-likeness (QED) is 0.609. The maximum Gasteiger partial charge on any atom is 0.213 e. The molecule has 1 heteroatoms. The highest BCUT2D eigenvalue weighted by atomic mass is 14.9. The second kappa shape index (κ2) is 5.53. The van der Waals surface area contributed by atoms with Crippen molar-refractivity contribution < 1.29 is 8.68 Å². The van der Waals surface area contributed by atoms with Crippen LogP contribution in [0.2, 0.25) is 0 Å². The fourth-order valence-electron chi connectivity index (χ4n) is 2.60. The second-order valence-corrected chi connectivity index (χ2v) is 5.31. The minimum Gasteiger partial charge on any atom is -0.201 e. The highest BCUT2D eigenvalue weighted by Crippen LogP contribution is 2.26. The van der Waals surface area contributed by atoms with Crippen LogP contribution >= 0.6 is 0 Å². The van der Waals surface area contributed by atoms with Gasteiger partial charge in [-0.05, 0) is 36.5 Å². The van der Waals surface area contributed by atoms with Gasteiger partial charge in [-0.2, -0.15) is 0 Å². The number of aryl methyl sites for hydroxylation is 3. The average molecular weight is 277 g/mol. The predicted octanol–water partition coefficient (Wildman–Crippen LogP) is 4.46. The van der Waals surface area contributed by atoms with Crippen molar-refractivity contribution >= 4 is 0 Å². The molecule has 0 saturated heterocycles. The van der Waals surface area contributed by atoms with Gasteiger partial charge in [0.05, 0.1) is 0 Å². The van der Waals surface area contributed by atoms with Gasteiger partial charge in [0, 0.05) is 21.8 Å². The minimum absolute atomic E-state index is 0.380. The third-order valence-corrected chi connectivity index (χ3v) is 3.76. The molecule has 0 radical (unpaired) electrons. The molecule has 3 rings (SSSR count). The molecule has 1 aromatic heterocycles. The zero-order valence-corrected chi connectivity index (χ0v) is 12.3. The average Bonchev–Trinajstić information content (AvgIpc) is 2.55. The van der Waals surface area contributed by atoms with Gasteiger partial charge in [0.1, 0.15) is 7.05 Å². The first-order valence-corrected chi connectivity index (χ1v) is 7.03. The molecular formula is C20H20N+. The molecule has 3 aromatic rings. The third kappa shape index (κ3) is 2.73. The molecule has 0 aliphatic carbocycles. The van der Waals surface area contributed by atoms with Gasteiger partial charge >= 0.3 is 0 Å². The van der Waals surface area contributed by atoms with Crippen LogP contribution in [-0.4, -0.2) is 0 Å². The number of rotatable bonds is 2. The van der Waals surface area contributed by atoms with E-state index in [4.69, 9.17) is 4.11 Å². The number of aromatic nitrogens is 1. The Morgan fingerprint density at radius 1 is 0.905 bits per heavy atom. The van der Waals surface area contributed by atoms with E-state index in [1.165, 1.54) is 0 Å². The highest BCUT2D eigenvalue weighted by Gasteiger charge is 2.13. The van der Waals surface area contributed by atoms with Crippen LogP contribution in [-0.2, 0) is 7.05 Å². The van der Waals surface area contributed by atoms with Crippen molar-refractivity contribution in [2.45, 2.75) is 13.8 Å². The van der Waals surface area contributed by atoms with Gasteiger partial charge < -0.3 is 0 Å². The van der Waals surface area contributed by atoms with Crippen molar-refractivity contribution in [3.63, 3.8) is 0 Å². The van der Waals surface area contributed by atoms with E-state index >= 15 is 0 Å². The third-order valence-electron chi connectivity index (χ3n) is 3.76. The van der Waals surface area contributed by atoms with Crippen LogP contribution in [0.25, 0.3) is 22.4 Å². The molecule has 0 fully saturated rings. The maximum absolute atomic E-state index is 7.56. The molecule has 0 atom stereocenters. The first-order valence-electron chi connectivity index (χ1n) is 8.53. The molecule has 0 spiro atoms. The summed E-state index contributed by atoms with van der Waals surface area (Å²) in [7, 11) is 2.00. The predicted molar refractivity (Wildman–Crippen MR) is 88.0 cm³/mol. The van der Waals surface area contributed by atoms with Crippen molar-refractivity contribution in [2.24, 2.45) is 7.05 Å². The zero-order valence-electron chi connectivity index (χ0n) is 15.3. The van der Waals surface area contributed by atoms with E-state index < -0.39 is 6.85 Å². The molecule has 21 heavy (non-hydrogen) atoms. The summed E-state index contributed by atoms with van der Waals surface area (Å²) in [6, 6.07) is 19.8. The largest absolute Gasteiger partial charge is 0.213 e. The standard InChI is InChI=1S/C20H20N/c1-15-9-10-19(16(2)13-15)20-14-18(11-12-21(20)3)17-7-5-4-6-8-17/h4-14H,1-3H3/q+1/i1D3. The maximum atomic E-state index is 7.56. The van der Waals surface area contributed by atoms with Gasteiger partial charge in [0.25, 0.3) is 0 Å². The molecule has 0 amide bonds. The van der Waals surface area contributed by atoms with E-state index in [9.17, 15) is 0 Å². The summed E-state index contributed by atoms with van der Waals surface area (Å²) in [4.78, 5) is 0. The van der Waals surface area contributed by atoms with Gasteiger partial charge in [0.2, 0.25) is 5.69 Å². The van der Waals surface area contributed by atoms with Crippen LogP contribution in [0.4, 0.5) is 0 Å². The number of hydrogen-bond acceptors (Lipinski definition) is 0. The van der Waals surface area contributed by atoms with Crippen LogP contribution in [0.3, 0.4) is 0 Å². The molecule has 104 valence electrons. The van der Waals surface area contributed by atoms with Gasteiger partial charge in [-0.15, -0.1) is 0 Å². The van der Waals surface area contributed by atoms with E-state index in [1.54, 1.807) is 12.1 Å². The van der Waals surface area contributed by atoms with Gasteiger partial charge in [-0.25, -0.2) is 4.57 Å². The Morgan fingerprint density at radius 2 is 1.71 bits per heavy atom. The minimum atomic E-state index is -2.07. The van der Waals surface area contributed by atoms with Crippen molar-refractivity contribution in [3.05, 3.63) is 78.0 Å². The summed E-state index contributed by atoms with van der Waals surface area (Å²) < 4.78 is 24.7. The van der Waals surface area contributed by atoms with E-state index in [1.807, 2.05) is 44.4 Å². The van der Waals surface area contributed by atoms with Crippen LogP contribution in [0.5, 0.6) is 0 Å². The molecule has 2 aromatic carbocycles. The zero-order chi connectivity index (χ0) is 17.3. The summed E-state index contributed by atoms with van der Waals surface area (Å²) in [5, 5.41) is 0. The van der Waals surface area contributed by atoms with Crippen molar-refractivity contribution in [1.82, 2.24) is 0 Å². The summed E-state index contributed by atoms with van der Waals surface area (Å²) in [6.07, 6.45) is 2.04. The lowest BCUT2D eigenvalue weighted by atomic mass is 9.99. The summed E-state index contributed by atoms with van der Waals surface area (Å²) in [5.41, 5.74) is 5.75. The molecule has 0 aliphatic rings. The molecule has 0 aliphatic heterocycles. The smallest absolute Gasteiger partial charge is 0.201 e. The van der Waals surface area contributed by atoms with E-state index in [0.29, 0.717) is 5.56 Å². The SMILES string of the molecule is [2H]C([2H])([2H])c1ccc(-c2cc(-c3ccccc3)cc[n+]2C)c(C)c1. The van der Waals surface area contributed by atoms with Crippen molar-refractivity contribution in [2.75, 3.05) is 0 Å². The Balaban J connectivity index is 2.10. The molecule has 1 heterocycles. The summed E-state index contributed by atoms with van der Waals surface area (Å²) >= 11 is 0. The van der Waals surface area contributed by atoms with Crippen LogP contribution in [0.1, 0.15) is 15.2 Å². The topological polar surface area (TPSA) is 3.88 Å². The summed E-state index contributed by atoms with van der Waals surface area (Å²) in [5.74, 6) is 0. The Labute approximate surface area is 130 Å². The lowest BCUT2D eigenvalue weighted by molar-refractivity contribution is -0.660. The lowest BCUT2D eigenvalue weighted by Crippen LogP contribution is -2.30. The number of benzene rings is 2. The molecule has 0 N–H and O–H groups in total. The van der Waals surface area contributed by atoms with Crippen molar-refractivity contribution in [1.29, 1.82) is 0 Å². The fraction of sp³-hybridized carbons (Fsp3) is 0.150. The fourth-order valence-corrected chi connectivity index (χ4v) is 2.60. The number of pyridine rings is 1. The van der Waals surface area contributed by atoms with Gasteiger partial charge in [0.15, 0.2) is 6.20 Å². The Bertz CT molecular complexity index is 868. The second-order valence-electron chi connectivity index (χ2n) is 5.31. The van der Waals surface area contributed by atoms with Gasteiger partial charge in [-0.3, -0.25) is 0 Å². The van der Waals surface area contributed by atoms with Crippen LogP contribution in [0.15, 0.2) is 66.9 Å². The first kappa shape index (κ1) is 10.3. The first-order chi connectivity index (χ1) is 11.4. The van der Waals surface area contributed by atoms with Crippen LogP contribution < -0.4 is 4.57 Å². The molecule has 0 bridgehead atoms. The Kier molecular flexibility index (Phi) is 2.72. The van der Waals surface area contributed by atoms with Crippen molar-refractivity contribution in [3.8, 4) is 22.4 Å². The monoisotopic (exact) mass is 277 g/mol. The van der Waals surface area contributed by atoms with Gasteiger partial charge in [-0.1, -0.05) is 48.0 Å². The Morgan fingerprint density at radius 3 is 2.43 bits per heavy atom. The molecule has 1 nitrogen and oxygen atoms in total. The number of hydrogen-bond donors (Lipinski definition) is 0. The lowest BCUT2D eigenvalue weighted by Gasteiger charge is -2.08. The normalized spacial score (nSPS) is 13.3. The molecule has 0 saturated carbocycles. The molecular weight excluding hydrogens is 254 g/mol. The van der Waals surface area contributed by atoms with Crippen LogP contribution in [0, 0.1) is 13.8 Å².